The van der Waals surface area contributed by atoms with Crippen LogP contribution in [-0.4, -0.2) is 35.9 Å². The Morgan fingerprint density at radius 1 is 1.09 bits per heavy atom. The molecule has 2 N–H and O–H groups in total. The number of sulfone groups is 1. The van der Waals surface area contributed by atoms with Gasteiger partial charge in [0.1, 0.15) is 11.6 Å². The number of pyridine rings is 1. The van der Waals surface area contributed by atoms with Crippen LogP contribution in [-0.2, 0) is 9.84 Å². The monoisotopic (exact) mass is 456 g/mol. The third-order valence-corrected chi connectivity index (χ3v) is 5.59. The molecule has 0 aliphatic carbocycles. The Labute approximate surface area is 181 Å². The molecule has 0 bridgehead atoms. The first-order valence-corrected chi connectivity index (χ1v) is 11.2. The van der Waals surface area contributed by atoms with Gasteiger partial charge in [-0.25, -0.2) is 17.8 Å². The number of benzene rings is 1. The summed E-state index contributed by atoms with van der Waals surface area (Å²) in [7, 11) is -3.70. The highest BCUT2D eigenvalue weighted by atomic mass is 32.2. The molecule has 3 heterocycles. The van der Waals surface area contributed by atoms with Crippen molar-refractivity contribution in [3.05, 3.63) is 77.8 Å². The average molecular weight is 456 g/mol. The highest BCUT2D eigenvalue weighted by molar-refractivity contribution is 7.90. The number of carbonyl (C=O) groups is 2. The minimum absolute atomic E-state index is 0.116. The van der Waals surface area contributed by atoms with Crippen molar-refractivity contribution in [2.75, 3.05) is 16.9 Å². The van der Waals surface area contributed by atoms with Crippen LogP contribution in [0, 0.1) is 12.7 Å². The Kier molecular flexibility index (Phi) is 5.26. The number of hydrogen-bond acceptors (Lipinski definition) is 6. The molecule has 32 heavy (non-hydrogen) atoms. The van der Waals surface area contributed by atoms with Gasteiger partial charge in [-0.15, -0.1) is 0 Å². The van der Waals surface area contributed by atoms with E-state index in [0.717, 1.165) is 12.3 Å². The lowest BCUT2D eigenvalue weighted by Crippen LogP contribution is -2.15. The van der Waals surface area contributed by atoms with Gasteiger partial charge >= 0.3 is 0 Å². The predicted molar refractivity (Wildman–Crippen MR) is 114 cm³/mol. The second-order valence-corrected chi connectivity index (χ2v) is 8.87. The van der Waals surface area contributed by atoms with Crippen LogP contribution in [0.2, 0.25) is 0 Å². The molecule has 0 radical (unpaired) electrons. The van der Waals surface area contributed by atoms with Crippen LogP contribution in [0.25, 0.3) is 5.52 Å². The molecule has 0 saturated carbocycles. The van der Waals surface area contributed by atoms with Gasteiger partial charge in [-0.1, -0.05) is 6.07 Å². The smallest absolute Gasteiger partial charge is 0.276 e. The molecule has 2 amide bonds. The van der Waals surface area contributed by atoms with Crippen LogP contribution in [0.5, 0.6) is 0 Å². The number of aryl methyl sites for hydroxylation is 1. The van der Waals surface area contributed by atoms with E-state index in [2.05, 4.69) is 15.6 Å². The first-order valence-electron chi connectivity index (χ1n) is 9.28. The second-order valence-electron chi connectivity index (χ2n) is 6.96. The molecule has 4 aromatic rings. The molecule has 0 atom stereocenters. The number of amides is 2. The Balaban J connectivity index is 1.63. The van der Waals surface area contributed by atoms with Crippen molar-refractivity contribution in [3.63, 3.8) is 0 Å². The highest BCUT2D eigenvalue weighted by Crippen LogP contribution is 2.23. The molecule has 3 aromatic heterocycles. The maximum absolute atomic E-state index is 14.2. The van der Waals surface area contributed by atoms with Crippen LogP contribution in [0.3, 0.4) is 0 Å². The summed E-state index contributed by atoms with van der Waals surface area (Å²) in [5.41, 5.74) is 0.441. The predicted octanol–water partition coefficient (Wildman–Crippen LogP) is 3.28. The van der Waals surface area contributed by atoms with Crippen LogP contribution < -0.4 is 10.6 Å². The lowest BCUT2D eigenvalue weighted by Gasteiger charge is -2.09. The second kappa shape index (κ2) is 7.93. The molecule has 0 fully saturated rings. The van der Waals surface area contributed by atoms with Gasteiger partial charge in [-0.2, -0.15) is 0 Å². The summed E-state index contributed by atoms with van der Waals surface area (Å²) in [5, 5.41) is 4.72. The molecule has 0 aliphatic rings. The number of fused-ring (bicyclic) bond motifs is 1. The van der Waals surface area contributed by atoms with Crippen molar-refractivity contribution in [1.82, 2.24) is 9.38 Å². The molecule has 4 rings (SSSR count). The summed E-state index contributed by atoms with van der Waals surface area (Å²) in [5.74, 6) is -1.60. The van der Waals surface area contributed by atoms with Crippen molar-refractivity contribution in [3.8, 4) is 0 Å². The van der Waals surface area contributed by atoms with E-state index in [1.165, 1.54) is 35.1 Å². The Morgan fingerprint density at radius 3 is 2.56 bits per heavy atom. The fraction of sp³-hybridized carbons (Fsp3) is 0.0952. The summed E-state index contributed by atoms with van der Waals surface area (Å²) in [6, 6.07) is 9.90. The number of nitrogens with one attached hydrogen (secondary N) is 2. The van der Waals surface area contributed by atoms with Gasteiger partial charge in [0.2, 0.25) is 15.0 Å². The molecule has 0 saturated heterocycles. The Hall–Kier alpha value is -3.99. The third kappa shape index (κ3) is 3.97. The van der Waals surface area contributed by atoms with Gasteiger partial charge in [-0.05, 0) is 43.3 Å². The van der Waals surface area contributed by atoms with Crippen molar-refractivity contribution in [2.45, 2.75) is 12.1 Å². The van der Waals surface area contributed by atoms with Crippen molar-refractivity contribution in [2.24, 2.45) is 0 Å². The van der Waals surface area contributed by atoms with E-state index in [9.17, 15) is 22.4 Å². The number of halogens is 1. The van der Waals surface area contributed by atoms with Gasteiger partial charge in [0.05, 0.1) is 23.0 Å². The van der Waals surface area contributed by atoms with E-state index in [-0.39, 0.29) is 33.3 Å². The average Bonchev–Trinajstić information content (AvgIpc) is 3.34. The first-order chi connectivity index (χ1) is 15.1. The summed E-state index contributed by atoms with van der Waals surface area (Å²) >= 11 is 0. The summed E-state index contributed by atoms with van der Waals surface area (Å²) in [4.78, 5) is 29.2. The number of rotatable bonds is 5. The van der Waals surface area contributed by atoms with Gasteiger partial charge in [0.15, 0.2) is 5.69 Å². The molecule has 1 aromatic carbocycles. The van der Waals surface area contributed by atoms with Gasteiger partial charge < -0.3 is 15.1 Å². The van der Waals surface area contributed by atoms with Crippen LogP contribution >= 0.6 is 0 Å². The molecule has 164 valence electrons. The molecular formula is C21H17FN4O5S. The van der Waals surface area contributed by atoms with Crippen molar-refractivity contribution < 1.29 is 26.8 Å². The number of nitrogens with zero attached hydrogens (tertiary/aromatic N) is 2. The van der Waals surface area contributed by atoms with Crippen molar-refractivity contribution in [1.29, 1.82) is 0 Å². The van der Waals surface area contributed by atoms with E-state index in [1.54, 1.807) is 25.1 Å². The van der Waals surface area contributed by atoms with E-state index in [1.807, 2.05) is 0 Å². The number of anilines is 2. The minimum Gasteiger partial charge on any atom is -0.469 e. The van der Waals surface area contributed by atoms with Crippen molar-refractivity contribution >= 4 is 38.5 Å². The van der Waals surface area contributed by atoms with Crippen LogP contribution in [0.4, 0.5) is 15.8 Å². The topological polar surface area (TPSA) is 123 Å². The maximum Gasteiger partial charge on any atom is 0.276 e. The van der Waals surface area contributed by atoms with E-state index in [4.69, 9.17) is 4.42 Å². The zero-order chi connectivity index (χ0) is 23.0. The normalized spacial score (nSPS) is 11.5. The molecule has 0 spiro atoms. The van der Waals surface area contributed by atoms with E-state index >= 15 is 0 Å². The number of aromatic nitrogens is 2. The fourth-order valence-electron chi connectivity index (χ4n) is 3.14. The zero-order valence-electron chi connectivity index (χ0n) is 16.9. The Morgan fingerprint density at radius 2 is 1.88 bits per heavy atom. The highest BCUT2D eigenvalue weighted by Gasteiger charge is 2.23. The summed E-state index contributed by atoms with van der Waals surface area (Å²) in [6.07, 6.45) is 3.82. The summed E-state index contributed by atoms with van der Waals surface area (Å²) < 4.78 is 44.7. The molecule has 11 heteroatoms. The quantitative estimate of drug-likeness (QED) is 0.475. The first kappa shape index (κ1) is 21.2. The molecule has 0 aliphatic heterocycles. The van der Waals surface area contributed by atoms with Gasteiger partial charge in [-0.3, -0.25) is 14.0 Å². The third-order valence-electron chi connectivity index (χ3n) is 4.64. The number of furan rings is 1. The Bertz CT molecular complexity index is 1470. The fourth-order valence-corrected chi connectivity index (χ4v) is 3.91. The zero-order valence-corrected chi connectivity index (χ0v) is 17.7. The largest absolute Gasteiger partial charge is 0.469 e. The van der Waals surface area contributed by atoms with Gasteiger partial charge in [0, 0.05) is 18.1 Å². The number of carbonyl (C=O) groups excluding carboxylic acids is 2. The van der Waals surface area contributed by atoms with E-state index in [0.29, 0.717) is 5.76 Å². The van der Waals surface area contributed by atoms with Crippen LogP contribution in [0.1, 0.15) is 26.6 Å². The standard InChI is InChI=1S/C21H17FN4O5S/c1-12-14(8-10-31-12)19(27)24-16-11-13(6-7-15(16)22)23-20(28)18-17-5-3-4-9-26(17)21(25-18)32(2,29)30/h3-11H,1-2H3,(H,23,28)(H,24,27). The number of imidazole rings is 1. The van der Waals surface area contributed by atoms with E-state index < -0.39 is 27.5 Å². The number of hydrogen-bond donors (Lipinski definition) is 2. The molecule has 9 nitrogen and oxygen atoms in total. The SMILES string of the molecule is Cc1occc1C(=O)Nc1cc(NC(=O)c2nc(S(C)(=O)=O)n3ccccc23)ccc1F. The summed E-state index contributed by atoms with van der Waals surface area (Å²) in [6.45, 7) is 1.60. The van der Waals surface area contributed by atoms with Crippen LogP contribution in [0.15, 0.2) is 64.5 Å². The minimum atomic E-state index is -3.70. The van der Waals surface area contributed by atoms with Gasteiger partial charge in [0.25, 0.3) is 11.8 Å². The lowest BCUT2D eigenvalue weighted by molar-refractivity contribution is 0.101. The molecular weight excluding hydrogens is 439 g/mol. The maximum atomic E-state index is 14.2. The lowest BCUT2D eigenvalue weighted by atomic mass is 10.2. The molecule has 0 unspecified atom stereocenters.